The number of hydrogen-bond donors (Lipinski definition) is 2. The molecule has 0 spiro atoms. The lowest BCUT2D eigenvalue weighted by Crippen LogP contribution is -2.49. The van der Waals surface area contributed by atoms with E-state index in [0.717, 1.165) is 6.21 Å². The zero-order valence-electron chi connectivity index (χ0n) is 15.3. The molecule has 10 heteroatoms. The molecule has 0 radical (unpaired) electrons. The summed E-state index contributed by atoms with van der Waals surface area (Å²) in [5.41, 5.74) is 8.39. The van der Waals surface area contributed by atoms with Gasteiger partial charge in [0.05, 0.1) is 25.1 Å². The molecular weight excluding hydrogens is 356 g/mol. The van der Waals surface area contributed by atoms with E-state index in [1.165, 1.54) is 25.4 Å². The van der Waals surface area contributed by atoms with Crippen molar-refractivity contribution in [3.63, 3.8) is 0 Å². The monoisotopic (exact) mass is 378 g/mol. The molecule has 1 aromatic heterocycles. The van der Waals surface area contributed by atoms with Crippen molar-refractivity contribution in [3.05, 3.63) is 29.6 Å². The van der Waals surface area contributed by atoms with Gasteiger partial charge in [-0.15, -0.1) is 0 Å². The third-order valence-corrected chi connectivity index (χ3v) is 3.32. The molecule has 0 aromatic carbocycles. The maximum atomic E-state index is 12.3. The summed E-state index contributed by atoms with van der Waals surface area (Å²) in [7, 11) is 1.44. The number of ketones is 1. The molecular formula is C17H22N4O6. The first kappa shape index (κ1) is 21.9. The third-order valence-electron chi connectivity index (χ3n) is 3.32. The highest BCUT2D eigenvalue weighted by Crippen LogP contribution is 2.15. The van der Waals surface area contributed by atoms with Gasteiger partial charge in [0.15, 0.2) is 17.9 Å². The molecule has 0 fully saturated rings. The summed E-state index contributed by atoms with van der Waals surface area (Å²) in [5.74, 6) is -2.14. The standard InChI is InChI=1S/C17H22N4O6/c1-10(2)27-17(25)14(13(22)5-4-8-20-18)21-16(24)15(23)12-7-6-11(26-3)9-19-12/h6-10,14-15,23H,4-5H2,1-3H3,(H,21,24)/t14-,15+/m0/s1. The molecule has 0 aliphatic heterocycles. The zero-order chi connectivity index (χ0) is 20.4. The van der Waals surface area contributed by atoms with Crippen molar-refractivity contribution in [3.8, 4) is 5.75 Å². The highest BCUT2D eigenvalue weighted by molar-refractivity contribution is 6.06. The normalized spacial score (nSPS) is 12.5. The Morgan fingerprint density at radius 3 is 2.59 bits per heavy atom. The fourth-order valence-electron chi connectivity index (χ4n) is 2.01. The Bertz CT molecular complexity index is 713. The first-order chi connectivity index (χ1) is 12.8. The summed E-state index contributed by atoms with van der Waals surface area (Å²) in [4.78, 5) is 43.3. The Hall–Kier alpha value is -3.10. The number of aliphatic hydroxyl groups is 1. The maximum absolute atomic E-state index is 12.3. The topological polar surface area (TPSA) is 151 Å². The minimum Gasteiger partial charge on any atom is -0.495 e. The number of esters is 1. The van der Waals surface area contributed by atoms with E-state index >= 15 is 0 Å². The molecule has 146 valence electrons. The van der Waals surface area contributed by atoms with Crippen LogP contribution in [0.1, 0.15) is 38.5 Å². The second-order valence-electron chi connectivity index (χ2n) is 5.76. The molecule has 2 N–H and O–H groups in total. The fourth-order valence-corrected chi connectivity index (χ4v) is 2.01. The van der Waals surface area contributed by atoms with Crippen molar-refractivity contribution in [2.45, 2.75) is 44.9 Å². The number of carbonyl (C=O) groups is 3. The van der Waals surface area contributed by atoms with Crippen LogP contribution >= 0.6 is 0 Å². The Kier molecular flexibility index (Phi) is 8.77. The predicted molar refractivity (Wildman–Crippen MR) is 92.8 cm³/mol. The molecule has 0 saturated carbocycles. The van der Waals surface area contributed by atoms with Crippen LogP contribution in [-0.4, -0.2) is 58.0 Å². The number of nitrogens with zero attached hydrogens (tertiary/aromatic N) is 3. The van der Waals surface area contributed by atoms with Crippen LogP contribution in [-0.2, 0) is 19.1 Å². The van der Waals surface area contributed by atoms with Gasteiger partial charge in [-0.1, -0.05) is 0 Å². The SMILES string of the molecule is COc1ccc([C@@H](O)C(=O)N[C@@H](C(=O)CCC=[N+]=[N-])C(=O)OC(C)C)nc1. The van der Waals surface area contributed by atoms with Crippen LogP contribution in [0.2, 0.25) is 0 Å². The Morgan fingerprint density at radius 1 is 1.37 bits per heavy atom. The zero-order valence-corrected chi connectivity index (χ0v) is 15.3. The van der Waals surface area contributed by atoms with Crippen LogP contribution < -0.4 is 10.1 Å². The van der Waals surface area contributed by atoms with E-state index in [1.54, 1.807) is 13.8 Å². The number of hydrogen-bond acceptors (Lipinski definition) is 7. The molecule has 1 heterocycles. The number of ether oxygens (including phenoxy) is 2. The molecule has 10 nitrogen and oxygen atoms in total. The van der Waals surface area contributed by atoms with Crippen molar-refractivity contribution in [1.82, 2.24) is 10.3 Å². The molecule has 2 atom stereocenters. The molecule has 0 aliphatic carbocycles. The van der Waals surface area contributed by atoms with Crippen LogP contribution in [0.5, 0.6) is 5.75 Å². The smallest absolute Gasteiger partial charge is 0.336 e. The number of rotatable bonds is 10. The lowest BCUT2D eigenvalue weighted by Gasteiger charge is -2.19. The lowest BCUT2D eigenvalue weighted by atomic mass is 10.1. The van der Waals surface area contributed by atoms with Crippen molar-refractivity contribution in [2.24, 2.45) is 0 Å². The van der Waals surface area contributed by atoms with Gasteiger partial charge in [0.1, 0.15) is 5.75 Å². The Labute approximate surface area is 156 Å². The number of carbonyl (C=O) groups excluding carboxylic acids is 3. The highest BCUT2D eigenvalue weighted by atomic mass is 16.5. The summed E-state index contributed by atoms with van der Waals surface area (Å²) in [6.45, 7) is 3.19. The minimum absolute atomic E-state index is 0.0177. The number of aliphatic hydroxyl groups excluding tert-OH is 1. The van der Waals surface area contributed by atoms with Gasteiger partial charge in [-0.3, -0.25) is 14.6 Å². The molecule has 0 unspecified atom stereocenters. The Balaban J connectivity index is 2.90. The van der Waals surface area contributed by atoms with Crippen molar-refractivity contribution < 1.29 is 33.8 Å². The van der Waals surface area contributed by atoms with Crippen molar-refractivity contribution >= 4 is 23.9 Å². The molecule has 1 amide bonds. The van der Waals surface area contributed by atoms with Gasteiger partial charge in [-0.2, -0.15) is 4.79 Å². The molecule has 1 rings (SSSR count). The fraction of sp³-hybridized carbons (Fsp3) is 0.471. The van der Waals surface area contributed by atoms with Gasteiger partial charge in [0.2, 0.25) is 0 Å². The summed E-state index contributed by atoms with van der Waals surface area (Å²) in [6.07, 6.45) is 0.100. The van der Waals surface area contributed by atoms with E-state index < -0.39 is 35.9 Å². The summed E-state index contributed by atoms with van der Waals surface area (Å²) >= 11 is 0. The van der Waals surface area contributed by atoms with Crippen molar-refractivity contribution in [1.29, 1.82) is 0 Å². The van der Waals surface area contributed by atoms with Crippen LogP contribution in [0.3, 0.4) is 0 Å². The van der Waals surface area contributed by atoms with Crippen LogP contribution in [0.15, 0.2) is 18.3 Å². The van der Waals surface area contributed by atoms with Crippen LogP contribution in [0, 0.1) is 0 Å². The van der Waals surface area contributed by atoms with Gasteiger partial charge in [-0.25, -0.2) is 4.79 Å². The van der Waals surface area contributed by atoms with E-state index in [4.69, 9.17) is 15.0 Å². The first-order valence-electron chi connectivity index (χ1n) is 8.17. The molecule has 0 bridgehead atoms. The lowest BCUT2D eigenvalue weighted by molar-refractivity contribution is -0.155. The summed E-state index contributed by atoms with van der Waals surface area (Å²) < 4.78 is 9.93. The van der Waals surface area contributed by atoms with E-state index in [1.807, 2.05) is 0 Å². The molecule has 27 heavy (non-hydrogen) atoms. The Morgan fingerprint density at radius 2 is 2.07 bits per heavy atom. The average Bonchev–Trinajstić information content (AvgIpc) is 2.64. The van der Waals surface area contributed by atoms with Gasteiger partial charge in [0.25, 0.3) is 12.1 Å². The molecule has 0 aliphatic rings. The first-order valence-corrected chi connectivity index (χ1v) is 8.17. The molecule has 0 saturated heterocycles. The second kappa shape index (κ2) is 10.8. The largest absolute Gasteiger partial charge is 0.495 e. The second-order valence-corrected chi connectivity index (χ2v) is 5.76. The summed E-state index contributed by atoms with van der Waals surface area (Å²) in [6, 6.07) is 1.28. The number of Topliss-reactive ketones (excluding diaryl/α,β-unsaturated/α-hetero) is 1. The minimum atomic E-state index is -1.70. The van der Waals surface area contributed by atoms with E-state index in [9.17, 15) is 19.5 Å². The van der Waals surface area contributed by atoms with Gasteiger partial charge in [-0.05, 0) is 26.0 Å². The number of amides is 1. The van der Waals surface area contributed by atoms with E-state index in [0.29, 0.717) is 5.75 Å². The number of aromatic nitrogens is 1. The van der Waals surface area contributed by atoms with Gasteiger partial charge < -0.3 is 25.4 Å². The van der Waals surface area contributed by atoms with Gasteiger partial charge >= 0.3 is 5.97 Å². The van der Waals surface area contributed by atoms with Crippen LogP contribution in [0.4, 0.5) is 0 Å². The van der Waals surface area contributed by atoms with Crippen molar-refractivity contribution in [2.75, 3.05) is 7.11 Å². The van der Waals surface area contributed by atoms with E-state index in [-0.39, 0.29) is 18.5 Å². The number of nitrogens with one attached hydrogen (secondary N) is 1. The van der Waals surface area contributed by atoms with Gasteiger partial charge in [0, 0.05) is 12.8 Å². The average molecular weight is 378 g/mol. The van der Waals surface area contributed by atoms with E-state index in [2.05, 4.69) is 15.1 Å². The number of pyridine rings is 1. The third kappa shape index (κ3) is 6.96. The quantitative estimate of drug-likeness (QED) is 0.194. The maximum Gasteiger partial charge on any atom is 0.336 e. The van der Waals surface area contributed by atoms with Crippen LogP contribution in [0.25, 0.3) is 5.53 Å². The predicted octanol–water partition coefficient (Wildman–Crippen LogP) is 0.210. The summed E-state index contributed by atoms with van der Waals surface area (Å²) in [5, 5.41) is 12.3. The highest BCUT2D eigenvalue weighted by Gasteiger charge is 2.32. The number of methoxy groups -OCH3 is 1. The molecule has 1 aromatic rings.